The van der Waals surface area contributed by atoms with Crippen molar-refractivity contribution in [3.05, 3.63) is 54.2 Å². The zero-order chi connectivity index (χ0) is 19.3. The van der Waals surface area contributed by atoms with E-state index in [1.165, 1.54) is 6.33 Å². The second-order valence-corrected chi connectivity index (χ2v) is 6.09. The van der Waals surface area contributed by atoms with Crippen molar-refractivity contribution in [3.63, 3.8) is 0 Å². The SMILES string of the molecule is COc1ccc2ccccc2c1CNC(=O)CCc1nc(-c2ncn[nH]2)no1. The largest absolute Gasteiger partial charge is 0.496 e. The van der Waals surface area contributed by atoms with Gasteiger partial charge in [-0.1, -0.05) is 35.5 Å². The highest BCUT2D eigenvalue weighted by atomic mass is 16.5. The monoisotopic (exact) mass is 378 g/mol. The molecule has 0 unspecified atom stereocenters. The second kappa shape index (κ2) is 7.87. The highest BCUT2D eigenvalue weighted by Crippen LogP contribution is 2.27. The van der Waals surface area contributed by atoms with Crippen molar-refractivity contribution >= 4 is 16.7 Å². The number of aromatic amines is 1. The summed E-state index contributed by atoms with van der Waals surface area (Å²) in [7, 11) is 1.62. The average molecular weight is 378 g/mol. The first-order valence-electron chi connectivity index (χ1n) is 8.74. The van der Waals surface area contributed by atoms with Crippen LogP contribution in [0, 0.1) is 0 Å². The first-order chi connectivity index (χ1) is 13.7. The molecule has 9 heteroatoms. The minimum Gasteiger partial charge on any atom is -0.496 e. The number of carbonyl (C=O) groups is 1. The molecule has 4 aromatic rings. The molecule has 0 atom stereocenters. The van der Waals surface area contributed by atoms with E-state index in [0.717, 1.165) is 22.1 Å². The van der Waals surface area contributed by atoms with Gasteiger partial charge in [0.15, 0.2) is 5.82 Å². The molecule has 142 valence electrons. The summed E-state index contributed by atoms with van der Waals surface area (Å²) >= 11 is 0. The summed E-state index contributed by atoms with van der Waals surface area (Å²) in [5.74, 6) is 1.72. The van der Waals surface area contributed by atoms with E-state index >= 15 is 0 Å². The highest BCUT2D eigenvalue weighted by molar-refractivity contribution is 5.88. The van der Waals surface area contributed by atoms with E-state index in [2.05, 4.69) is 30.6 Å². The number of hydrogen-bond donors (Lipinski definition) is 2. The summed E-state index contributed by atoms with van der Waals surface area (Å²) in [5, 5.41) is 15.3. The van der Waals surface area contributed by atoms with E-state index in [9.17, 15) is 4.79 Å². The maximum atomic E-state index is 12.3. The van der Waals surface area contributed by atoms with Gasteiger partial charge in [-0.2, -0.15) is 10.1 Å². The van der Waals surface area contributed by atoms with Crippen molar-refractivity contribution in [3.8, 4) is 17.4 Å². The van der Waals surface area contributed by atoms with Crippen molar-refractivity contribution in [2.75, 3.05) is 7.11 Å². The zero-order valence-electron chi connectivity index (χ0n) is 15.2. The molecule has 2 N–H and O–H groups in total. The molecular weight excluding hydrogens is 360 g/mol. The van der Waals surface area contributed by atoms with Gasteiger partial charge in [0.1, 0.15) is 12.1 Å². The van der Waals surface area contributed by atoms with Gasteiger partial charge in [-0.15, -0.1) is 0 Å². The molecule has 2 aromatic heterocycles. The van der Waals surface area contributed by atoms with Crippen molar-refractivity contribution in [1.29, 1.82) is 0 Å². The Morgan fingerprint density at radius 2 is 2.14 bits per heavy atom. The van der Waals surface area contributed by atoms with Gasteiger partial charge < -0.3 is 14.6 Å². The average Bonchev–Trinajstić information content (AvgIpc) is 3.42. The van der Waals surface area contributed by atoms with E-state index in [0.29, 0.717) is 30.5 Å². The van der Waals surface area contributed by atoms with Crippen LogP contribution in [-0.4, -0.2) is 38.3 Å². The fourth-order valence-electron chi connectivity index (χ4n) is 2.95. The number of carbonyl (C=O) groups excluding carboxylic acids is 1. The minimum atomic E-state index is -0.116. The molecule has 0 bridgehead atoms. The lowest BCUT2D eigenvalue weighted by molar-refractivity contribution is -0.121. The van der Waals surface area contributed by atoms with Crippen molar-refractivity contribution in [1.82, 2.24) is 30.6 Å². The van der Waals surface area contributed by atoms with Gasteiger partial charge in [0, 0.05) is 24.9 Å². The van der Waals surface area contributed by atoms with Crippen LogP contribution in [0.3, 0.4) is 0 Å². The lowest BCUT2D eigenvalue weighted by atomic mass is 10.0. The standard InChI is InChI=1S/C19H18N6O3/c1-27-15-7-6-12-4-2-3-5-13(12)14(15)10-20-16(26)8-9-17-23-19(25-28-17)18-21-11-22-24-18/h2-7,11H,8-10H2,1H3,(H,20,26)(H,21,22,24). The molecule has 9 nitrogen and oxygen atoms in total. The molecule has 4 rings (SSSR count). The van der Waals surface area contributed by atoms with Crippen LogP contribution < -0.4 is 10.1 Å². The van der Waals surface area contributed by atoms with Crippen molar-refractivity contribution < 1.29 is 14.1 Å². The predicted molar refractivity (Wildman–Crippen MR) is 100 cm³/mol. The van der Waals surface area contributed by atoms with Crippen LogP contribution in [0.15, 0.2) is 47.2 Å². The van der Waals surface area contributed by atoms with Crippen LogP contribution in [0.2, 0.25) is 0 Å². The van der Waals surface area contributed by atoms with Gasteiger partial charge in [0.2, 0.25) is 17.6 Å². The molecular formula is C19H18N6O3. The Hall–Kier alpha value is -3.75. The number of ether oxygens (including phenoxy) is 1. The lowest BCUT2D eigenvalue weighted by Gasteiger charge is -2.13. The van der Waals surface area contributed by atoms with Crippen LogP contribution in [-0.2, 0) is 17.8 Å². The summed E-state index contributed by atoms with van der Waals surface area (Å²) in [6.45, 7) is 0.372. The summed E-state index contributed by atoms with van der Waals surface area (Å²) in [4.78, 5) is 20.4. The number of aromatic nitrogens is 5. The number of nitrogens with zero attached hydrogens (tertiary/aromatic N) is 4. The molecule has 0 aliphatic heterocycles. The highest BCUT2D eigenvalue weighted by Gasteiger charge is 2.13. The Bertz CT molecular complexity index is 1090. The van der Waals surface area contributed by atoms with Gasteiger partial charge in [-0.05, 0) is 16.8 Å². The van der Waals surface area contributed by atoms with Gasteiger partial charge in [-0.3, -0.25) is 9.89 Å². The van der Waals surface area contributed by atoms with Gasteiger partial charge in [-0.25, -0.2) is 4.98 Å². The number of H-pyrrole nitrogens is 1. The molecule has 1 amide bonds. The molecule has 28 heavy (non-hydrogen) atoms. The number of rotatable bonds is 7. The van der Waals surface area contributed by atoms with Crippen LogP contribution in [0.5, 0.6) is 5.75 Å². The second-order valence-electron chi connectivity index (χ2n) is 6.09. The Kier molecular flexibility index (Phi) is 4.96. The van der Waals surface area contributed by atoms with Crippen LogP contribution in [0.4, 0.5) is 0 Å². The van der Waals surface area contributed by atoms with Crippen molar-refractivity contribution in [2.45, 2.75) is 19.4 Å². The summed E-state index contributed by atoms with van der Waals surface area (Å²) in [6, 6.07) is 11.9. The van der Waals surface area contributed by atoms with Gasteiger partial charge >= 0.3 is 0 Å². The third kappa shape index (κ3) is 3.68. The third-order valence-electron chi connectivity index (χ3n) is 4.34. The van der Waals surface area contributed by atoms with Crippen molar-refractivity contribution in [2.24, 2.45) is 0 Å². The fraction of sp³-hybridized carbons (Fsp3) is 0.211. The molecule has 0 fully saturated rings. The molecule has 0 spiro atoms. The Balaban J connectivity index is 1.38. The number of amides is 1. The number of methoxy groups -OCH3 is 1. The summed E-state index contributed by atoms with van der Waals surface area (Å²) < 4.78 is 10.6. The predicted octanol–water partition coefficient (Wildman–Crippen LogP) is 2.27. The molecule has 0 aliphatic carbocycles. The first kappa shape index (κ1) is 17.7. The lowest BCUT2D eigenvalue weighted by Crippen LogP contribution is -2.23. The van der Waals surface area contributed by atoms with E-state index in [1.54, 1.807) is 7.11 Å². The number of fused-ring (bicyclic) bond motifs is 1. The van der Waals surface area contributed by atoms with Crippen LogP contribution in [0.25, 0.3) is 22.4 Å². The summed E-state index contributed by atoms with van der Waals surface area (Å²) in [5.41, 5.74) is 0.944. The first-order valence-corrected chi connectivity index (χ1v) is 8.74. The van der Waals surface area contributed by atoms with Gasteiger partial charge in [0.05, 0.1) is 7.11 Å². The smallest absolute Gasteiger partial charge is 0.239 e. The molecule has 0 aliphatic rings. The van der Waals surface area contributed by atoms with E-state index in [1.807, 2.05) is 36.4 Å². The number of nitrogens with one attached hydrogen (secondary N) is 2. The molecule has 2 heterocycles. The van der Waals surface area contributed by atoms with E-state index in [-0.39, 0.29) is 12.3 Å². The van der Waals surface area contributed by atoms with E-state index in [4.69, 9.17) is 9.26 Å². The van der Waals surface area contributed by atoms with Gasteiger partial charge in [0.25, 0.3) is 0 Å². The third-order valence-corrected chi connectivity index (χ3v) is 4.34. The minimum absolute atomic E-state index is 0.116. The topological polar surface area (TPSA) is 119 Å². The fourth-order valence-corrected chi connectivity index (χ4v) is 2.95. The zero-order valence-corrected chi connectivity index (χ0v) is 15.2. The molecule has 2 aromatic carbocycles. The number of aryl methyl sites for hydroxylation is 1. The normalized spacial score (nSPS) is 10.9. The quantitative estimate of drug-likeness (QED) is 0.506. The summed E-state index contributed by atoms with van der Waals surface area (Å²) in [6.07, 6.45) is 1.92. The Morgan fingerprint density at radius 3 is 2.96 bits per heavy atom. The Labute approximate surface area is 160 Å². The van der Waals surface area contributed by atoms with Crippen LogP contribution in [0.1, 0.15) is 17.9 Å². The maximum absolute atomic E-state index is 12.3. The van der Waals surface area contributed by atoms with E-state index < -0.39 is 0 Å². The Morgan fingerprint density at radius 1 is 1.25 bits per heavy atom. The molecule has 0 saturated carbocycles. The number of benzene rings is 2. The van der Waals surface area contributed by atoms with Crippen LogP contribution >= 0.6 is 0 Å². The maximum Gasteiger partial charge on any atom is 0.239 e. The molecule has 0 saturated heterocycles. The molecule has 0 radical (unpaired) electrons. The number of hydrogen-bond acceptors (Lipinski definition) is 7.